The number of aromatic nitrogens is 5. The lowest BCUT2D eigenvalue weighted by atomic mass is 9.74. The fourth-order valence-corrected chi connectivity index (χ4v) is 5.66. The second kappa shape index (κ2) is 12.7. The summed E-state index contributed by atoms with van der Waals surface area (Å²) in [5.41, 5.74) is -1.80. The van der Waals surface area contributed by atoms with Crippen LogP contribution in [0.15, 0.2) is 67.1 Å². The number of halogens is 4. The third kappa shape index (κ3) is 7.07. The maximum atomic E-state index is 14.5. The fourth-order valence-electron chi connectivity index (χ4n) is 5.66. The molecule has 47 heavy (non-hydrogen) atoms. The zero-order valence-corrected chi connectivity index (χ0v) is 26.5. The monoisotopic (exact) mass is 653 g/mol. The van der Waals surface area contributed by atoms with Gasteiger partial charge in [-0.1, -0.05) is 19.9 Å². The van der Waals surface area contributed by atoms with E-state index in [1.54, 1.807) is 48.9 Å². The molecule has 0 aliphatic rings. The quantitative estimate of drug-likeness (QED) is 0.153. The number of carbonyl (C=O) groups is 1. The van der Waals surface area contributed by atoms with Crippen LogP contribution in [0, 0.1) is 19.7 Å². The molecule has 1 atom stereocenters. The predicted molar refractivity (Wildman–Crippen MR) is 168 cm³/mol. The highest BCUT2D eigenvalue weighted by Crippen LogP contribution is 2.44. The minimum Gasteiger partial charge on any atom is -0.496 e. The Kier molecular flexibility index (Phi) is 9.00. The van der Waals surface area contributed by atoms with Crippen molar-refractivity contribution in [3.05, 3.63) is 95.5 Å². The molecule has 0 spiro atoms. The molecule has 5 aromatic rings. The standard InChI is InChI=1S/C33H35F4N7O3/c1-20-11-27(38-17-32(46,33(35,36)37)16-31(3,4)26-14-23(34)9-10-29(26)47-5)25-15-41-44(28(25)12-20)24-8-6-7-22(13-24)30(45)40-19-43-18-39-21(2)42-43/h6-15,18,38,46H,16-17,19H2,1-5H3,(H,40,45). The number of methoxy groups -OCH3 is 1. The predicted octanol–water partition coefficient (Wildman–Crippen LogP) is 5.84. The molecule has 14 heteroatoms. The molecule has 0 fully saturated rings. The Balaban J connectivity index is 1.41. The highest BCUT2D eigenvalue weighted by Gasteiger charge is 2.56. The lowest BCUT2D eigenvalue weighted by molar-refractivity contribution is -0.260. The van der Waals surface area contributed by atoms with Crippen molar-refractivity contribution in [1.82, 2.24) is 29.9 Å². The van der Waals surface area contributed by atoms with Crippen LogP contribution in [-0.2, 0) is 12.1 Å². The van der Waals surface area contributed by atoms with Crippen LogP contribution < -0.4 is 15.4 Å². The van der Waals surface area contributed by atoms with E-state index in [0.717, 1.165) is 17.7 Å². The number of aliphatic hydroxyl groups is 1. The number of carbonyl (C=O) groups excluding carboxylic acids is 1. The summed E-state index contributed by atoms with van der Waals surface area (Å²) < 4.78 is 66.1. The first kappa shape index (κ1) is 33.4. The van der Waals surface area contributed by atoms with Crippen LogP contribution in [0.5, 0.6) is 5.75 Å². The number of aryl methyl sites for hydroxylation is 2. The highest BCUT2D eigenvalue weighted by atomic mass is 19.4. The summed E-state index contributed by atoms with van der Waals surface area (Å²) in [6, 6.07) is 13.9. The summed E-state index contributed by atoms with van der Waals surface area (Å²) in [6.45, 7) is 5.76. The number of hydrogen-bond acceptors (Lipinski definition) is 7. The SMILES string of the molecule is COc1ccc(F)cc1C(C)(C)CC(O)(CNc1cc(C)cc2c1cnn2-c1cccc(C(=O)NCn2cnc(C)n2)c1)C(F)(F)F. The van der Waals surface area contributed by atoms with Gasteiger partial charge in [0.15, 0.2) is 5.60 Å². The minimum atomic E-state index is -5.03. The van der Waals surface area contributed by atoms with Crippen molar-refractivity contribution in [3.63, 3.8) is 0 Å². The first-order chi connectivity index (χ1) is 22.1. The second-order valence-electron chi connectivity index (χ2n) is 12.1. The Bertz CT molecular complexity index is 1920. The second-order valence-corrected chi connectivity index (χ2v) is 12.1. The normalized spacial score (nSPS) is 13.4. The average molecular weight is 654 g/mol. The van der Waals surface area contributed by atoms with Crippen molar-refractivity contribution >= 4 is 22.5 Å². The minimum absolute atomic E-state index is 0.125. The zero-order valence-electron chi connectivity index (χ0n) is 26.5. The summed E-state index contributed by atoms with van der Waals surface area (Å²) in [6.07, 6.45) is -2.80. The van der Waals surface area contributed by atoms with Crippen molar-refractivity contribution < 1.29 is 32.2 Å². The van der Waals surface area contributed by atoms with Crippen LogP contribution >= 0.6 is 0 Å². The van der Waals surface area contributed by atoms with Crippen LogP contribution in [0.1, 0.15) is 47.6 Å². The van der Waals surface area contributed by atoms with Crippen LogP contribution in [0.4, 0.5) is 23.2 Å². The molecule has 1 unspecified atom stereocenters. The van der Waals surface area contributed by atoms with Gasteiger partial charge in [0.2, 0.25) is 0 Å². The Morgan fingerprint density at radius 3 is 2.51 bits per heavy atom. The number of ether oxygens (including phenoxy) is 1. The number of amides is 1. The topological polar surface area (TPSA) is 119 Å². The van der Waals surface area contributed by atoms with Gasteiger partial charge in [0.1, 0.15) is 30.4 Å². The third-order valence-corrected chi connectivity index (χ3v) is 7.96. The lowest BCUT2D eigenvalue weighted by Gasteiger charge is -2.38. The fraction of sp³-hybridized carbons (Fsp3) is 0.333. The van der Waals surface area contributed by atoms with Gasteiger partial charge in [0.05, 0.1) is 31.1 Å². The lowest BCUT2D eigenvalue weighted by Crippen LogP contribution is -2.53. The molecule has 248 valence electrons. The van der Waals surface area contributed by atoms with E-state index < -0.39 is 36.0 Å². The molecule has 2 heterocycles. The van der Waals surface area contributed by atoms with E-state index >= 15 is 0 Å². The van der Waals surface area contributed by atoms with Crippen LogP contribution in [-0.4, -0.2) is 61.0 Å². The number of hydrogen-bond donors (Lipinski definition) is 3. The molecule has 3 N–H and O–H groups in total. The number of nitrogens with zero attached hydrogens (tertiary/aromatic N) is 5. The molecule has 3 aromatic carbocycles. The summed E-state index contributed by atoms with van der Waals surface area (Å²) in [4.78, 5) is 16.9. The average Bonchev–Trinajstić information content (AvgIpc) is 3.63. The Morgan fingerprint density at radius 1 is 1.06 bits per heavy atom. The molecule has 1 amide bonds. The Morgan fingerprint density at radius 2 is 1.83 bits per heavy atom. The van der Waals surface area contributed by atoms with Crippen molar-refractivity contribution in [2.75, 3.05) is 19.0 Å². The van der Waals surface area contributed by atoms with Crippen LogP contribution in [0.25, 0.3) is 16.6 Å². The maximum Gasteiger partial charge on any atom is 0.418 e. The number of nitrogens with one attached hydrogen (secondary N) is 2. The van der Waals surface area contributed by atoms with Crippen LogP contribution in [0.3, 0.4) is 0 Å². The smallest absolute Gasteiger partial charge is 0.418 e. The van der Waals surface area contributed by atoms with Gasteiger partial charge in [0, 0.05) is 22.2 Å². The van der Waals surface area contributed by atoms with Crippen molar-refractivity contribution in [1.29, 1.82) is 0 Å². The Hall–Kier alpha value is -4.98. The van der Waals surface area contributed by atoms with Gasteiger partial charge in [-0.2, -0.15) is 23.4 Å². The largest absolute Gasteiger partial charge is 0.496 e. The molecule has 5 rings (SSSR count). The maximum absolute atomic E-state index is 14.5. The summed E-state index contributed by atoms with van der Waals surface area (Å²) >= 11 is 0. The summed E-state index contributed by atoms with van der Waals surface area (Å²) in [7, 11) is 1.35. The Labute approximate surface area is 268 Å². The first-order valence-corrected chi connectivity index (χ1v) is 14.7. The third-order valence-electron chi connectivity index (χ3n) is 7.96. The van der Waals surface area contributed by atoms with E-state index in [4.69, 9.17) is 4.74 Å². The van der Waals surface area contributed by atoms with Gasteiger partial charge < -0.3 is 20.5 Å². The number of fused-ring (bicyclic) bond motifs is 1. The summed E-state index contributed by atoms with van der Waals surface area (Å²) in [5, 5.41) is 25.9. The number of rotatable bonds is 11. The molecular formula is C33H35F4N7O3. The zero-order chi connectivity index (χ0) is 34.1. The van der Waals surface area contributed by atoms with E-state index in [1.165, 1.54) is 44.2 Å². The van der Waals surface area contributed by atoms with Gasteiger partial charge in [-0.05, 0) is 79.8 Å². The summed E-state index contributed by atoms with van der Waals surface area (Å²) in [5.74, 6) is -0.184. The molecule has 2 aromatic heterocycles. The van der Waals surface area contributed by atoms with Crippen molar-refractivity contribution in [2.24, 2.45) is 0 Å². The molecule has 0 saturated carbocycles. The number of alkyl halides is 3. The van der Waals surface area contributed by atoms with E-state index in [0.29, 0.717) is 33.7 Å². The molecular weight excluding hydrogens is 618 g/mol. The molecule has 0 aliphatic heterocycles. The number of anilines is 1. The molecule has 0 saturated heterocycles. The molecule has 10 nitrogen and oxygen atoms in total. The van der Waals surface area contributed by atoms with E-state index in [2.05, 4.69) is 25.8 Å². The van der Waals surface area contributed by atoms with Gasteiger partial charge >= 0.3 is 6.18 Å². The van der Waals surface area contributed by atoms with Gasteiger partial charge in [0.25, 0.3) is 5.91 Å². The van der Waals surface area contributed by atoms with E-state index in [9.17, 15) is 27.5 Å². The van der Waals surface area contributed by atoms with Crippen molar-refractivity contribution in [3.8, 4) is 11.4 Å². The van der Waals surface area contributed by atoms with Gasteiger partial charge in [-0.3, -0.25) is 4.79 Å². The van der Waals surface area contributed by atoms with Crippen LogP contribution in [0.2, 0.25) is 0 Å². The van der Waals surface area contributed by atoms with Gasteiger partial charge in [-0.25, -0.2) is 18.7 Å². The molecule has 0 aliphatic carbocycles. The number of benzene rings is 3. The van der Waals surface area contributed by atoms with Crippen molar-refractivity contribution in [2.45, 2.75) is 58.0 Å². The molecule has 0 radical (unpaired) electrons. The first-order valence-electron chi connectivity index (χ1n) is 14.7. The molecule has 0 bridgehead atoms. The van der Waals surface area contributed by atoms with E-state index in [1.807, 2.05) is 6.07 Å². The highest BCUT2D eigenvalue weighted by molar-refractivity contribution is 5.95. The van der Waals surface area contributed by atoms with Gasteiger partial charge in [-0.15, -0.1) is 0 Å². The van der Waals surface area contributed by atoms with E-state index in [-0.39, 0.29) is 23.9 Å².